The molecule has 0 rings (SSSR count). The van der Waals surface area contributed by atoms with E-state index < -0.39 is 11.5 Å². The maximum absolute atomic E-state index is 5.43. The molecule has 0 aromatic carbocycles. The van der Waals surface area contributed by atoms with Gasteiger partial charge in [-0.05, 0) is 5.94 Å². The summed E-state index contributed by atoms with van der Waals surface area (Å²) in [5.74, 6) is 0.292. The van der Waals surface area contributed by atoms with E-state index in [-0.39, 0.29) is 0 Å². The van der Waals surface area contributed by atoms with Gasteiger partial charge >= 0.3 is 11.5 Å². The van der Waals surface area contributed by atoms with Crippen molar-refractivity contribution in [1.29, 1.82) is 0 Å². The van der Waals surface area contributed by atoms with Crippen LogP contribution in [0, 0.1) is 0 Å². The minimum Gasteiger partial charge on any atom is -0.172 e. The van der Waals surface area contributed by atoms with E-state index in [4.69, 9.17) is 56.2 Å². The molecule has 0 fully saturated rings. The van der Waals surface area contributed by atoms with Crippen molar-refractivity contribution in [3.63, 3.8) is 0 Å². The van der Waals surface area contributed by atoms with Gasteiger partial charge in [0, 0.05) is 0 Å². The third-order valence-electron chi connectivity index (χ3n) is 0.386. The SMILES string of the molecule is ClB(Cl)C[Si](Cl)(Cl)Cl. The molecule has 0 radical (unpaired) electrons. The van der Waals surface area contributed by atoms with Crippen LogP contribution in [0.1, 0.15) is 0 Å². The lowest BCUT2D eigenvalue weighted by Crippen LogP contribution is -2.14. The van der Waals surface area contributed by atoms with Crippen LogP contribution in [-0.4, -0.2) is 11.5 Å². The number of hydrogen-bond donors (Lipinski definition) is 0. The summed E-state index contributed by atoms with van der Waals surface area (Å²) in [6.45, 7) is 0. The topological polar surface area (TPSA) is 0 Å². The van der Waals surface area contributed by atoms with Crippen LogP contribution in [0.4, 0.5) is 0 Å². The molecule has 0 saturated heterocycles. The van der Waals surface area contributed by atoms with Gasteiger partial charge in [-0.25, -0.2) is 0 Å². The lowest BCUT2D eigenvalue weighted by Gasteiger charge is -2.03. The Morgan fingerprint density at radius 2 is 1.50 bits per heavy atom. The first-order valence-corrected chi connectivity index (χ1v) is 7.88. The number of hydrogen-bond acceptors (Lipinski definition) is 0. The highest BCUT2D eigenvalue weighted by Crippen LogP contribution is 2.27. The molecule has 0 heterocycles. The highest BCUT2D eigenvalue weighted by molar-refractivity contribution is 7.67. The van der Waals surface area contributed by atoms with Crippen LogP contribution in [0.2, 0.25) is 5.94 Å². The van der Waals surface area contributed by atoms with Gasteiger partial charge in [-0.3, -0.25) is 0 Å². The average Bonchev–Trinajstić information content (AvgIpc) is 1.21. The van der Waals surface area contributed by atoms with Crippen LogP contribution in [0.15, 0.2) is 0 Å². The smallest absolute Gasteiger partial charge is 0.172 e. The Balaban J connectivity index is 3.39. The van der Waals surface area contributed by atoms with E-state index in [0.29, 0.717) is 5.94 Å². The average molecular weight is 230 g/mol. The van der Waals surface area contributed by atoms with E-state index in [1.165, 1.54) is 0 Å². The van der Waals surface area contributed by atoms with Gasteiger partial charge in [0.1, 0.15) is 0 Å². The lowest BCUT2D eigenvalue weighted by molar-refractivity contribution is 2.04. The fraction of sp³-hybridized carbons (Fsp3) is 1.00. The van der Waals surface area contributed by atoms with Crippen molar-refractivity contribution in [2.24, 2.45) is 0 Å². The van der Waals surface area contributed by atoms with Crippen LogP contribution in [0.3, 0.4) is 0 Å². The van der Waals surface area contributed by atoms with Crippen molar-refractivity contribution < 1.29 is 0 Å². The molecule has 48 valence electrons. The first-order valence-electron chi connectivity index (χ1n) is 1.77. The van der Waals surface area contributed by atoms with Gasteiger partial charge in [-0.1, -0.05) is 0 Å². The fourth-order valence-electron chi connectivity index (χ4n) is 0.175. The fourth-order valence-corrected chi connectivity index (χ4v) is 4.72. The standard InChI is InChI=1S/CH2BCl5Si/c3-2(4)1-8(5,6)7/h1H2. The lowest BCUT2D eigenvalue weighted by atomic mass is 10.2. The highest BCUT2D eigenvalue weighted by atomic mass is 35.8. The molecular formula is CH2BCl5Si. The molecule has 0 spiro atoms. The third-order valence-corrected chi connectivity index (χ3v) is 3.47. The van der Waals surface area contributed by atoms with Gasteiger partial charge < -0.3 is 0 Å². The Hall–Kier alpha value is 1.73. The summed E-state index contributed by atoms with van der Waals surface area (Å²) in [4.78, 5) is 0. The minimum absolute atomic E-state index is 0.292. The predicted molar refractivity (Wildman–Crippen MR) is 45.6 cm³/mol. The van der Waals surface area contributed by atoms with E-state index in [1.54, 1.807) is 0 Å². The second-order valence-corrected chi connectivity index (χ2v) is 11.7. The van der Waals surface area contributed by atoms with E-state index in [2.05, 4.69) is 0 Å². The molecule has 0 nitrogen and oxygen atoms in total. The Morgan fingerprint density at radius 3 is 1.50 bits per heavy atom. The highest BCUT2D eigenvalue weighted by Gasteiger charge is 2.29. The summed E-state index contributed by atoms with van der Waals surface area (Å²) in [6.07, 6.45) is 0. The third kappa shape index (κ3) is 7.73. The number of halogens is 5. The molecule has 8 heavy (non-hydrogen) atoms. The molecule has 0 aromatic heterocycles. The molecule has 0 aromatic rings. The zero-order chi connectivity index (χ0) is 6.78. The van der Waals surface area contributed by atoms with Crippen LogP contribution in [0.25, 0.3) is 0 Å². The summed E-state index contributed by atoms with van der Waals surface area (Å²) >= 11 is 26.9. The first-order chi connectivity index (χ1) is 3.42. The van der Waals surface area contributed by atoms with Crippen LogP contribution in [-0.2, 0) is 0 Å². The molecular weight excluding hydrogens is 228 g/mol. The van der Waals surface area contributed by atoms with Crippen molar-refractivity contribution >= 4 is 67.7 Å². The first kappa shape index (κ1) is 9.73. The summed E-state index contributed by atoms with van der Waals surface area (Å²) in [5.41, 5.74) is -0.547. The molecule has 0 N–H and O–H groups in total. The van der Waals surface area contributed by atoms with Gasteiger partial charge in [0.15, 0.2) is 0 Å². The van der Waals surface area contributed by atoms with Crippen LogP contribution >= 0.6 is 56.2 Å². The van der Waals surface area contributed by atoms with Gasteiger partial charge in [0.2, 0.25) is 0 Å². The maximum Gasteiger partial charge on any atom is 0.352 e. The van der Waals surface area contributed by atoms with Gasteiger partial charge in [-0.15, -0.1) is 33.2 Å². The van der Waals surface area contributed by atoms with E-state index in [9.17, 15) is 0 Å². The van der Waals surface area contributed by atoms with Gasteiger partial charge in [-0.2, -0.15) is 22.9 Å². The molecule has 0 aliphatic heterocycles. The van der Waals surface area contributed by atoms with Crippen molar-refractivity contribution in [2.75, 3.05) is 0 Å². The molecule has 0 amide bonds. The zero-order valence-electron chi connectivity index (χ0n) is 3.67. The van der Waals surface area contributed by atoms with E-state index in [0.717, 1.165) is 0 Å². The Morgan fingerprint density at radius 1 is 1.12 bits per heavy atom. The molecule has 0 bridgehead atoms. The van der Waals surface area contributed by atoms with Gasteiger partial charge in [0.25, 0.3) is 0 Å². The molecule has 0 atom stereocenters. The maximum atomic E-state index is 5.43. The Bertz CT molecular complexity index is 67.3. The molecule has 0 aliphatic carbocycles. The normalized spacial score (nSPS) is 11.6. The monoisotopic (exact) mass is 228 g/mol. The largest absolute Gasteiger partial charge is 0.352 e. The van der Waals surface area contributed by atoms with Crippen molar-refractivity contribution in [3.05, 3.63) is 0 Å². The molecule has 0 unspecified atom stereocenters. The summed E-state index contributed by atoms with van der Waals surface area (Å²) < 4.78 is 0. The molecule has 0 aliphatic rings. The van der Waals surface area contributed by atoms with Crippen LogP contribution in [0.5, 0.6) is 0 Å². The zero-order valence-corrected chi connectivity index (χ0v) is 8.45. The second kappa shape index (κ2) is 3.79. The Kier molecular flexibility index (Phi) is 4.61. The summed E-state index contributed by atoms with van der Waals surface area (Å²) in [5, 5.41) is 0. The van der Waals surface area contributed by atoms with Crippen molar-refractivity contribution in [2.45, 2.75) is 5.94 Å². The summed E-state index contributed by atoms with van der Waals surface area (Å²) in [7, 11) is 0. The minimum atomic E-state index is -2.57. The van der Waals surface area contributed by atoms with E-state index >= 15 is 0 Å². The predicted octanol–water partition coefficient (Wildman–Crippen LogP) is 3.15. The summed E-state index contributed by atoms with van der Waals surface area (Å²) in [6, 6.07) is -2.57. The number of rotatable bonds is 2. The van der Waals surface area contributed by atoms with E-state index in [1.807, 2.05) is 0 Å². The quantitative estimate of drug-likeness (QED) is 0.505. The second-order valence-electron chi connectivity index (χ2n) is 1.21. The molecule has 0 saturated carbocycles. The van der Waals surface area contributed by atoms with Crippen LogP contribution < -0.4 is 0 Å². The van der Waals surface area contributed by atoms with Crippen molar-refractivity contribution in [3.8, 4) is 0 Å². The molecule has 7 heteroatoms. The van der Waals surface area contributed by atoms with Gasteiger partial charge in [0.05, 0.1) is 0 Å². The Labute approximate surface area is 73.4 Å². The van der Waals surface area contributed by atoms with Crippen molar-refractivity contribution in [1.82, 2.24) is 0 Å².